The van der Waals surface area contributed by atoms with Gasteiger partial charge in [0.25, 0.3) is 0 Å². The molecule has 1 atom stereocenters. The molecule has 0 heterocycles. The van der Waals surface area contributed by atoms with E-state index in [2.05, 4.69) is 20.8 Å². The molecule has 0 aliphatic rings. The minimum Gasteiger partial charge on any atom is -0.466 e. The van der Waals surface area contributed by atoms with Gasteiger partial charge in [-0.25, -0.2) is 0 Å². The Morgan fingerprint density at radius 2 is 1.50 bits per heavy atom. The van der Waals surface area contributed by atoms with E-state index in [-0.39, 0.29) is 30.9 Å². The van der Waals surface area contributed by atoms with Gasteiger partial charge in [0.2, 0.25) is 0 Å². The van der Waals surface area contributed by atoms with E-state index in [0.717, 1.165) is 25.7 Å². The van der Waals surface area contributed by atoms with Gasteiger partial charge in [-0.05, 0) is 32.1 Å². The number of hydrogen-bond acceptors (Lipinski definition) is 4. The van der Waals surface area contributed by atoms with Crippen molar-refractivity contribution < 1.29 is 19.1 Å². The van der Waals surface area contributed by atoms with Crippen LogP contribution in [0.3, 0.4) is 0 Å². The number of esters is 2. The number of carbonyl (C=O) groups is 2. The third kappa shape index (κ3) is 13.9. The maximum Gasteiger partial charge on any atom is 0.306 e. The number of ether oxygens (including phenoxy) is 2. The SMILES string of the molecule is CCCCCCCOC(=O)CCC(=O)OC(C)CCC(C)C. The molecule has 4 heteroatoms. The number of rotatable bonds is 13. The fourth-order valence-electron chi connectivity index (χ4n) is 2.08. The molecule has 1 unspecified atom stereocenters. The zero-order chi connectivity index (χ0) is 16.8. The summed E-state index contributed by atoms with van der Waals surface area (Å²) in [4.78, 5) is 23.1. The van der Waals surface area contributed by atoms with Gasteiger partial charge in [0.15, 0.2) is 0 Å². The molecular formula is C18H34O4. The lowest BCUT2D eigenvalue weighted by atomic mass is 10.1. The van der Waals surface area contributed by atoms with Crippen LogP contribution in [0.5, 0.6) is 0 Å². The quantitative estimate of drug-likeness (QED) is 0.367. The van der Waals surface area contributed by atoms with Crippen molar-refractivity contribution in [3.8, 4) is 0 Å². The molecule has 0 fully saturated rings. The lowest BCUT2D eigenvalue weighted by Gasteiger charge is -2.14. The molecule has 0 aromatic carbocycles. The van der Waals surface area contributed by atoms with E-state index in [9.17, 15) is 9.59 Å². The van der Waals surface area contributed by atoms with E-state index in [1.54, 1.807) is 0 Å². The first-order chi connectivity index (χ1) is 10.5. The van der Waals surface area contributed by atoms with Crippen LogP contribution in [0.2, 0.25) is 0 Å². The molecule has 0 amide bonds. The van der Waals surface area contributed by atoms with Gasteiger partial charge in [-0.2, -0.15) is 0 Å². The topological polar surface area (TPSA) is 52.6 Å². The molecule has 4 nitrogen and oxygen atoms in total. The molecule has 0 aromatic heterocycles. The highest BCUT2D eigenvalue weighted by molar-refractivity contribution is 5.77. The van der Waals surface area contributed by atoms with Crippen molar-refractivity contribution in [2.24, 2.45) is 5.92 Å². The lowest BCUT2D eigenvalue weighted by molar-refractivity contribution is -0.153. The van der Waals surface area contributed by atoms with Crippen LogP contribution in [0.1, 0.15) is 85.5 Å². The highest BCUT2D eigenvalue weighted by Gasteiger charge is 2.13. The predicted octanol–water partition coefficient (Wildman–Crippen LogP) is 4.65. The first-order valence-electron chi connectivity index (χ1n) is 8.80. The summed E-state index contributed by atoms with van der Waals surface area (Å²) in [5.74, 6) is -0.00752. The highest BCUT2D eigenvalue weighted by atomic mass is 16.5. The Hall–Kier alpha value is -1.06. The fourth-order valence-corrected chi connectivity index (χ4v) is 2.08. The van der Waals surface area contributed by atoms with Gasteiger partial charge in [-0.1, -0.05) is 46.5 Å². The fraction of sp³-hybridized carbons (Fsp3) is 0.889. The summed E-state index contributed by atoms with van der Waals surface area (Å²) in [6, 6.07) is 0. The second kappa shape index (κ2) is 13.6. The molecule has 0 N–H and O–H groups in total. The van der Waals surface area contributed by atoms with E-state index in [0.29, 0.717) is 12.5 Å². The van der Waals surface area contributed by atoms with Crippen LogP contribution in [0.15, 0.2) is 0 Å². The van der Waals surface area contributed by atoms with Gasteiger partial charge in [-0.3, -0.25) is 9.59 Å². The van der Waals surface area contributed by atoms with E-state index < -0.39 is 0 Å². The van der Waals surface area contributed by atoms with Gasteiger partial charge >= 0.3 is 11.9 Å². The van der Waals surface area contributed by atoms with Crippen molar-refractivity contribution in [2.45, 2.75) is 91.6 Å². The third-order valence-corrected chi connectivity index (χ3v) is 3.53. The Bertz CT molecular complexity index is 299. The Kier molecular flexibility index (Phi) is 12.9. The monoisotopic (exact) mass is 314 g/mol. The van der Waals surface area contributed by atoms with E-state index >= 15 is 0 Å². The normalized spacial score (nSPS) is 12.2. The molecule has 0 bridgehead atoms. The van der Waals surface area contributed by atoms with Crippen molar-refractivity contribution >= 4 is 11.9 Å². The zero-order valence-corrected chi connectivity index (χ0v) is 14.9. The largest absolute Gasteiger partial charge is 0.466 e. The molecule has 130 valence electrons. The second-order valence-corrected chi connectivity index (χ2v) is 6.41. The summed E-state index contributed by atoms with van der Waals surface area (Å²) in [5, 5.41) is 0. The number of carbonyl (C=O) groups excluding carboxylic acids is 2. The first-order valence-corrected chi connectivity index (χ1v) is 8.80. The minimum atomic E-state index is -0.309. The minimum absolute atomic E-state index is 0.0792. The van der Waals surface area contributed by atoms with Crippen LogP contribution in [0.4, 0.5) is 0 Å². The summed E-state index contributed by atoms with van der Waals surface area (Å²) in [6.07, 6.45) is 7.68. The molecule has 0 aliphatic heterocycles. The van der Waals surface area contributed by atoms with Crippen LogP contribution in [-0.4, -0.2) is 24.6 Å². The van der Waals surface area contributed by atoms with Crippen molar-refractivity contribution in [3.63, 3.8) is 0 Å². The Morgan fingerprint density at radius 1 is 0.864 bits per heavy atom. The number of unbranched alkanes of at least 4 members (excludes halogenated alkanes) is 4. The van der Waals surface area contributed by atoms with E-state index in [1.807, 2.05) is 6.92 Å². The standard InChI is InChI=1S/C18H34O4/c1-5-6-7-8-9-14-21-17(19)12-13-18(20)22-16(4)11-10-15(2)3/h15-16H,5-14H2,1-4H3. The van der Waals surface area contributed by atoms with Crippen LogP contribution >= 0.6 is 0 Å². The van der Waals surface area contributed by atoms with Gasteiger partial charge < -0.3 is 9.47 Å². The number of hydrogen-bond donors (Lipinski definition) is 0. The Morgan fingerprint density at radius 3 is 2.14 bits per heavy atom. The van der Waals surface area contributed by atoms with E-state index in [4.69, 9.17) is 9.47 Å². The van der Waals surface area contributed by atoms with Crippen molar-refractivity contribution in [1.82, 2.24) is 0 Å². The van der Waals surface area contributed by atoms with Gasteiger partial charge in [0.05, 0.1) is 25.6 Å². The predicted molar refractivity (Wildman–Crippen MR) is 88.6 cm³/mol. The van der Waals surface area contributed by atoms with Gasteiger partial charge in [0.1, 0.15) is 0 Å². The Balaban J connectivity index is 3.57. The lowest BCUT2D eigenvalue weighted by Crippen LogP contribution is -2.17. The van der Waals surface area contributed by atoms with Gasteiger partial charge in [0, 0.05) is 0 Å². The summed E-state index contributed by atoms with van der Waals surface area (Å²) < 4.78 is 10.4. The van der Waals surface area contributed by atoms with Crippen molar-refractivity contribution in [2.75, 3.05) is 6.61 Å². The zero-order valence-electron chi connectivity index (χ0n) is 14.9. The summed E-state index contributed by atoms with van der Waals surface area (Å²) in [7, 11) is 0. The maximum atomic E-state index is 11.6. The smallest absolute Gasteiger partial charge is 0.306 e. The molecule has 0 rings (SSSR count). The second-order valence-electron chi connectivity index (χ2n) is 6.41. The molecule has 0 saturated carbocycles. The molecule has 0 radical (unpaired) electrons. The molecule has 0 aliphatic carbocycles. The first kappa shape index (κ1) is 20.9. The molecular weight excluding hydrogens is 280 g/mol. The summed E-state index contributed by atoms with van der Waals surface area (Å²) in [5.41, 5.74) is 0. The summed E-state index contributed by atoms with van der Waals surface area (Å²) >= 11 is 0. The van der Waals surface area contributed by atoms with E-state index in [1.165, 1.54) is 19.3 Å². The Labute approximate surface area is 135 Å². The van der Waals surface area contributed by atoms with Crippen LogP contribution < -0.4 is 0 Å². The molecule has 0 saturated heterocycles. The molecule has 0 spiro atoms. The summed E-state index contributed by atoms with van der Waals surface area (Å²) in [6.45, 7) is 8.82. The van der Waals surface area contributed by atoms with Crippen LogP contribution in [-0.2, 0) is 19.1 Å². The van der Waals surface area contributed by atoms with Gasteiger partial charge in [-0.15, -0.1) is 0 Å². The van der Waals surface area contributed by atoms with Crippen molar-refractivity contribution in [3.05, 3.63) is 0 Å². The average Bonchev–Trinajstić information content (AvgIpc) is 2.46. The van der Waals surface area contributed by atoms with Crippen LogP contribution in [0.25, 0.3) is 0 Å². The van der Waals surface area contributed by atoms with Crippen molar-refractivity contribution in [1.29, 1.82) is 0 Å². The third-order valence-electron chi connectivity index (χ3n) is 3.53. The maximum absolute atomic E-state index is 11.6. The molecule has 0 aromatic rings. The van der Waals surface area contributed by atoms with Crippen LogP contribution in [0, 0.1) is 5.92 Å². The average molecular weight is 314 g/mol. The molecule has 22 heavy (non-hydrogen) atoms. The highest BCUT2D eigenvalue weighted by Crippen LogP contribution is 2.10.